The van der Waals surface area contributed by atoms with Crippen LogP contribution in [0.25, 0.3) is 0 Å². The van der Waals surface area contributed by atoms with Crippen LogP contribution in [0.15, 0.2) is 109 Å². The predicted octanol–water partition coefficient (Wildman–Crippen LogP) is 6.80. The fraction of sp³-hybridized carbons (Fsp3) is 0.167. The zero-order valence-electron chi connectivity index (χ0n) is 19.3. The lowest BCUT2D eigenvalue weighted by Crippen LogP contribution is -2.43. The number of ketones is 1. The van der Waals surface area contributed by atoms with Crippen molar-refractivity contribution in [1.29, 1.82) is 0 Å². The minimum absolute atomic E-state index is 0.0181. The van der Waals surface area contributed by atoms with Crippen LogP contribution in [-0.4, -0.2) is 17.8 Å². The van der Waals surface area contributed by atoms with E-state index in [1.165, 1.54) is 0 Å². The van der Waals surface area contributed by atoms with Crippen LogP contribution in [0.1, 0.15) is 39.0 Å². The van der Waals surface area contributed by atoms with Gasteiger partial charge in [-0.15, -0.1) is 11.8 Å². The maximum atomic E-state index is 14.3. The van der Waals surface area contributed by atoms with Crippen molar-refractivity contribution in [3.05, 3.63) is 131 Å². The molecule has 6 rings (SSSR count). The van der Waals surface area contributed by atoms with Crippen molar-refractivity contribution in [3.8, 4) is 5.75 Å². The SMILES string of the molecule is COc1ccc([C@H]2[C@H](c3ccccc3)N(c3ccccc3)OC23SCc2ccccc2C3=O)cc1. The first-order valence-electron chi connectivity index (χ1n) is 11.7. The molecule has 1 unspecified atom stereocenters. The summed E-state index contributed by atoms with van der Waals surface area (Å²) in [5.41, 5.74) is 4.86. The number of carbonyl (C=O) groups excluding carboxylic acids is 1. The molecule has 1 spiro atoms. The van der Waals surface area contributed by atoms with Crippen LogP contribution in [0.3, 0.4) is 0 Å². The third-order valence-corrected chi connectivity index (χ3v) is 8.26. The Hall–Kier alpha value is -3.54. The minimum atomic E-state index is -1.10. The van der Waals surface area contributed by atoms with Gasteiger partial charge in [-0.05, 0) is 41.0 Å². The van der Waals surface area contributed by atoms with E-state index < -0.39 is 4.93 Å². The van der Waals surface area contributed by atoms with E-state index in [4.69, 9.17) is 9.57 Å². The summed E-state index contributed by atoms with van der Waals surface area (Å²) in [5, 5.41) is 1.95. The zero-order chi connectivity index (χ0) is 23.8. The Bertz CT molecular complexity index is 1340. The molecule has 0 aliphatic carbocycles. The van der Waals surface area contributed by atoms with Crippen LogP contribution in [-0.2, 0) is 10.6 Å². The van der Waals surface area contributed by atoms with E-state index in [1.54, 1.807) is 18.9 Å². The number of hydroxylamine groups is 1. The van der Waals surface area contributed by atoms with E-state index in [-0.39, 0.29) is 17.7 Å². The summed E-state index contributed by atoms with van der Waals surface area (Å²) in [7, 11) is 1.66. The van der Waals surface area contributed by atoms with Crippen molar-refractivity contribution in [2.45, 2.75) is 22.6 Å². The highest BCUT2D eigenvalue weighted by Gasteiger charge is 2.62. The van der Waals surface area contributed by atoms with E-state index in [9.17, 15) is 4.79 Å². The standard InChI is InChI=1S/C30H25NO3S/c1-33-25-18-16-21(17-19-25)27-28(22-10-4-2-5-11-22)31(24-13-6-3-7-14-24)34-30(27)29(32)26-15-9-8-12-23(26)20-35-30/h2-19,27-28H,20H2,1H3/t27-,28-,30?/m0/s1. The molecule has 1 saturated heterocycles. The van der Waals surface area contributed by atoms with Gasteiger partial charge in [-0.25, -0.2) is 9.90 Å². The number of hydrogen-bond donors (Lipinski definition) is 0. The van der Waals surface area contributed by atoms with Gasteiger partial charge in [-0.2, -0.15) is 0 Å². The first-order valence-corrected chi connectivity index (χ1v) is 12.7. The van der Waals surface area contributed by atoms with Gasteiger partial charge in [-0.3, -0.25) is 4.79 Å². The number of thioether (sulfide) groups is 1. The number of ether oxygens (including phenoxy) is 1. The largest absolute Gasteiger partial charge is 0.497 e. The number of anilines is 1. The van der Waals surface area contributed by atoms with Crippen molar-refractivity contribution < 1.29 is 14.4 Å². The smallest absolute Gasteiger partial charge is 0.213 e. The van der Waals surface area contributed by atoms with Gasteiger partial charge in [0.15, 0.2) is 0 Å². The van der Waals surface area contributed by atoms with Crippen LogP contribution in [0.4, 0.5) is 5.69 Å². The number of fused-ring (bicyclic) bond motifs is 1. The molecule has 0 amide bonds. The Labute approximate surface area is 209 Å². The predicted molar refractivity (Wildman–Crippen MR) is 140 cm³/mol. The van der Waals surface area contributed by atoms with E-state index in [0.29, 0.717) is 5.75 Å². The summed E-state index contributed by atoms with van der Waals surface area (Å²) in [6.07, 6.45) is 0. The summed E-state index contributed by atoms with van der Waals surface area (Å²) in [5.74, 6) is 1.26. The second kappa shape index (κ2) is 8.91. The molecular weight excluding hydrogens is 454 g/mol. The van der Waals surface area contributed by atoms with E-state index in [0.717, 1.165) is 33.7 Å². The summed E-state index contributed by atoms with van der Waals surface area (Å²) in [6.45, 7) is 0. The second-order valence-corrected chi connectivity index (χ2v) is 9.99. The number of rotatable bonds is 4. The van der Waals surface area contributed by atoms with Crippen LogP contribution in [0.5, 0.6) is 5.75 Å². The molecule has 4 aromatic rings. The average Bonchev–Trinajstić information content (AvgIpc) is 3.28. The lowest BCUT2D eigenvalue weighted by atomic mass is 9.80. The van der Waals surface area contributed by atoms with Crippen molar-refractivity contribution in [2.24, 2.45) is 0 Å². The third kappa shape index (κ3) is 3.63. The second-order valence-electron chi connectivity index (χ2n) is 8.80. The summed E-state index contributed by atoms with van der Waals surface area (Å²) >= 11 is 1.59. The number of carbonyl (C=O) groups is 1. The number of benzene rings is 4. The number of nitrogens with zero attached hydrogens (tertiary/aromatic N) is 1. The highest BCUT2D eigenvalue weighted by Crippen LogP contribution is 2.60. The van der Waals surface area contributed by atoms with Crippen LogP contribution in [0, 0.1) is 0 Å². The fourth-order valence-electron chi connectivity index (χ4n) is 5.19. The molecule has 2 aliphatic heterocycles. The average molecular weight is 480 g/mol. The van der Waals surface area contributed by atoms with Crippen LogP contribution < -0.4 is 9.80 Å². The maximum absolute atomic E-state index is 14.3. The molecule has 0 bridgehead atoms. The van der Waals surface area contributed by atoms with Gasteiger partial charge in [0.2, 0.25) is 10.7 Å². The molecule has 1 fully saturated rings. The first-order chi connectivity index (χ1) is 17.2. The Morgan fingerprint density at radius 3 is 2.20 bits per heavy atom. The molecule has 2 aliphatic rings. The molecule has 35 heavy (non-hydrogen) atoms. The van der Waals surface area contributed by atoms with Gasteiger partial charge in [0.1, 0.15) is 5.75 Å². The molecule has 0 radical (unpaired) electrons. The first kappa shape index (κ1) is 22.0. The monoisotopic (exact) mass is 479 g/mol. The van der Waals surface area contributed by atoms with Gasteiger partial charge >= 0.3 is 0 Å². The van der Waals surface area contributed by atoms with Crippen molar-refractivity contribution in [1.82, 2.24) is 0 Å². The number of methoxy groups -OCH3 is 1. The Kier molecular flexibility index (Phi) is 5.59. The lowest BCUT2D eigenvalue weighted by Gasteiger charge is -2.36. The van der Waals surface area contributed by atoms with Crippen molar-refractivity contribution in [3.63, 3.8) is 0 Å². The number of para-hydroxylation sites is 1. The molecule has 5 heteroatoms. The molecule has 0 aromatic heterocycles. The van der Waals surface area contributed by atoms with Gasteiger partial charge in [-0.1, -0.05) is 84.9 Å². The molecule has 174 valence electrons. The Balaban J connectivity index is 1.58. The number of hydrogen-bond acceptors (Lipinski definition) is 5. The molecule has 0 saturated carbocycles. The normalized spacial score (nSPS) is 23.3. The highest BCUT2D eigenvalue weighted by atomic mass is 32.2. The van der Waals surface area contributed by atoms with Crippen LogP contribution >= 0.6 is 11.8 Å². The maximum Gasteiger partial charge on any atom is 0.213 e. The fourth-order valence-corrected chi connectivity index (χ4v) is 6.63. The molecular formula is C30H25NO3S. The van der Waals surface area contributed by atoms with Gasteiger partial charge < -0.3 is 4.74 Å². The summed E-state index contributed by atoms with van der Waals surface area (Å²) in [4.78, 5) is 20.1. The van der Waals surface area contributed by atoms with E-state index in [2.05, 4.69) is 24.3 Å². The summed E-state index contributed by atoms with van der Waals surface area (Å²) in [6, 6.07) is 36.1. The van der Waals surface area contributed by atoms with Crippen LogP contribution in [0.2, 0.25) is 0 Å². The topological polar surface area (TPSA) is 38.8 Å². The highest BCUT2D eigenvalue weighted by molar-refractivity contribution is 8.00. The summed E-state index contributed by atoms with van der Waals surface area (Å²) < 4.78 is 5.42. The number of Topliss-reactive ketones (excluding diaryl/α,β-unsaturated/α-hetero) is 1. The lowest BCUT2D eigenvalue weighted by molar-refractivity contribution is 0.0386. The Morgan fingerprint density at radius 1 is 0.829 bits per heavy atom. The van der Waals surface area contributed by atoms with E-state index in [1.807, 2.05) is 90.0 Å². The molecule has 0 N–H and O–H groups in total. The molecule has 4 nitrogen and oxygen atoms in total. The quantitative estimate of drug-likeness (QED) is 0.322. The zero-order valence-corrected chi connectivity index (χ0v) is 20.2. The Morgan fingerprint density at radius 2 is 1.49 bits per heavy atom. The molecule has 2 heterocycles. The van der Waals surface area contributed by atoms with Gasteiger partial charge in [0.25, 0.3) is 0 Å². The minimum Gasteiger partial charge on any atom is -0.497 e. The van der Waals surface area contributed by atoms with Crippen molar-refractivity contribution in [2.75, 3.05) is 12.2 Å². The molecule has 4 aromatic carbocycles. The molecule has 3 atom stereocenters. The van der Waals surface area contributed by atoms with Gasteiger partial charge in [0.05, 0.1) is 24.8 Å². The van der Waals surface area contributed by atoms with Gasteiger partial charge in [0, 0.05) is 11.3 Å². The third-order valence-electron chi connectivity index (χ3n) is 6.86. The van der Waals surface area contributed by atoms with E-state index >= 15 is 0 Å². The van der Waals surface area contributed by atoms with Crippen molar-refractivity contribution >= 4 is 23.2 Å².